The fourth-order valence-electron chi connectivity index (χ4n) is 1.64. The van der Waals surface area contributed by atoms with Crippen LogP contribution in [0.25, 0.3) is 0 Å². The van der Waals surface area contributed by atoms with Gasteiger partial charge in [0, 0.05) is 17.8 Å². The van der Waals surface area contributed by atoms with E-state index in [9.17, 15) is 9.59 Å². The van der Waals surface area contributed by atoms with E-state index in [1.807, 2.05) is 0 Å². The highest BCUT2D eigenvalue weighted by Crippen LogP contribution is 2.25. The molecule has 1 aromatic rings. The van der Waals surface area contributed by atoms with Gasteiger partial charge in [0.15, 0.2) is 0 Å². The summed E-state index contributed by atoms with van der Waals surface area (Å²) in [6.45, 7) is 1.74. The molecular formula is C11H13NO4. The molecule has 0 fully saturated rings. The average molecular weight is 223 g/mol. The molecule has 0 aliphatic carbocycles. The lowest BCUT2D eigenvalue weighted by molar-refractivity contribution is -0.139. The second-order valence-electron chi connectivity index (χ2n) is 3.57. The van der Waals surface area contributed by atoms with Crippen LogP contribution in [-0.4, -0.2) is 27.1 Å². The van der Waals surface area contributed by atoms with E-state index in [1.54, 1.807) is 25.3 Å². The summed E-state index contributed by atoms with van der Waals surface area (Å²) in [5, 5.41) is 17.5. The summed E-state index contributed by atoms with van der Waals surface area (Å²) in [7, 11) is 0. The van der Waals surface area contributed by atoms with Crippen molar-refractivity contribution in [3.8, 4) is 0 Å². The van der Waals surface area contributed by atoms with Crippen LogP contribution in [-0.2, 0) is 9.59 Å². The number of aromatic nitrogens is 1. The number of pyridine rings is 1. The maximum Gasteiger partial charge on any atom is 0.303 e. The molecule has 1 rings (SSSR count). The van der Waals surface area contributed by atoms with Crippen molar-refractivity contribution in [2.24, 2.45) is 0 Å². The van der Waals surface area contributed by atoms with E-state index in [0.29, 0.717) is 11.3 Å². The van der Waals surface area contributed by atoms with Crippen LogP contribution in [0.3, 0.4) is 0 Å². The molecular weight excluding hydrogens is 210 g/mol. The fourth-order valence-corrected chi connectivity index (χ4v) is 1.64. The molecule has 0 aliphatic heterocycles. The highest BCUT2D eigenvalue weighted by Gasteiger charge is 2.20. The van der Waals surface area contributed by atoms with Crippen LogP contribution in [0, 0.1) is 6.92 Å². The number of carboxylic acids is 2. The van der Waals surface area contributed by atoms with Gasteiger partial charge in [-0.05, 0) is 18.6 Å². The number of aliphatic carboxylic acids is 2. The minimum atomic E-state index is -1.01. The molecule has 16 heavy (non-hydrogen) atoms. The van der Waals surface area contributed by atoms with Crippen LogP contribution in [0.5, 0.6) is 0 Å². The Bertz CT molecular complexity index is 387. The lowest BCUT2D eigenvalue weighted by Crippen LogP contribution is -2.12. The van der Waals surface area contributed by atoms with Gasteiger partial charge in [0.05, 0.1) is 12.8 Å². The Hall–Kier alpha value is -1.91. The molecule has 5 heteroatoms. The first-order chi connectivity index (χ1) is 7.50. The third-order valence-corrected chi connectivity index (χ3v) is 2.33. The van der Waals surface area contributed by atoms with Crippen LogP contribution in [0.2, 0.25) is 0 Å². The molecule has 0 aliphatic rings. The summed E-state index contributed by atoms with van der Waals surface area (Å²) in [6, 6.07) is 3.40. The van der Waals surface area contributed by atoms with Gasteiger partial charge in [0.1, 0.15) is 0 Å². The molecule has 1 heterocycles. The highest BCUT2D eigenvalue weighted by molar-refractivity contribution is 5.72. The summed E-state index contributed by atoms with van der Waals surface area (Å²) in [5.74, 6) is -2.53. The van der Waals surface area contributed by atoms with Crippen molar-refractivity contribution >= 4 is 11.9 Å². The van der Waals surface area contributed by atoms with E-state index in [0.717, 1.165) is 0 Å². The number of rotatable bonds is 5. The largest absolute Gasteiger partial charge is 0.481 e. The maximum atomic E-state index is 10.7. The van der Waals surface area contributed by atoms with Gasteiger partial charge in [-0.2, -0.15) is 0 Å². The van der Waals surface area contributed by atoms with Crippen LogP contribution in [0.1, 0.15) is 30.0 Å². The van der Waals surface area contributed by atoms with Crippen molar-refractivity contribution in [2.45, 2.75) is 25.7 Å². The number of nitrogens with zero attached hydrogens (tertiary/aromatic N) is 1. The molecule has 5 nitrogen and oxygen atoms in total. The SMILES string of the molecule is Cc1ncccc1C(CC(=O)O)CC(=O)O. The molecule has 0 radical (unpaired) electrons. The van der Waals surface area contributed by atoms with Gasteiger partial charge in [-0.25, -0.2) is 0 Å². The first-order valence-corrected chi connectivity index (χ1v) is 4.85. The number of hydrogen-bond donors (Lipinski definition) is 2. The Labute approximate surface area is 92.8 Å². The standard InChI is InChI=1S/C11H13NO4/c1-7-9(3-2-4-12-7)8(5-10(13)14)6-11(15)16/h2-4,8H,5-6H2,1H3,(H,13,14)(H,15,16). The predicted molar refractivity (Wildman–Crippen MR) is 56.2 cm³/mol. The normalized spacial score (nSPS) is 10.4. The summed E-state index contributed by atoms with van der Waals surface area (Å²) < 4.78 is 0. The van der Waals surface area contributed by atoms with E-state index in [4.69, 9.17) is 10.2 Å². The molecule has 2 N–H and O–H groups in total. The van der Waals surface area contributed by atoms with Gasteiger partial charge in [-0.15, -0.1) is 0 Å². The first-order valence-electron chi connectivity index (χ1n) is 4.85. The zero-order valence-corrected chi connectivity index (χ0v) is 8.88. The predicted octanol–water partition coefficient (Wildman–Crippen LogP) is 1.42. The maximum absolute atomic E-state index is 10.7. The second-order valence-corrected chi connectivity index (χ2v) is 3.57. The number of hydrogen-bond acceptors (Lipinski definition) is 3. The minimum absolute atomic E-state index is 0.196. The zero-order valence-electron chi connectivity index (χ0n) is 8.88. The molecule has 0 amide bonds. The van der Waals surface area contributed by atoms with Gasteiger partial charge in [-0.3, -0.25) is 14.6 Å². The second kappa shape index (κ2) is 5.25. The molecule has 86 valence electrons. The average Bonchev–Trinajstić information content (AvgIpc) is 2.15. The molecule has 0 saturated heterocycles. The van der Waals surface area contributed by atoms with Crippen LogP contribution in [0.4, 0.5) is 0 Å². The quantitative estimate of drug-likeness (QED) is 0.788. The van der Waals surface area contributed by atoms with Crippen molar-refractivity contribution in [3.63, 3.8) is 0 Å². The van der Waals surface area contributed by atoms with E-state index >= 15 is 0 Å². The summed E-state index contributed by atoms with van der Waals surface area (Å²) in [6.07, 6.45) is 1.20. The monoisotopic (exact) mass is 223 g/mol. The van der Waals surface area contributed by atoms with Crippen LogP contribution >= 0.6 is 0 Å². The Morgan fingerprint density at radius 3 is 2.31 bits per heavy atom. The Morgan fingerprint density at radius 1 is 1.31 bits per heavy atom. The molecule has 0 aromatic carbocycles. The number of carboxylic acid groups (broad SMARTS) is 2. The van der Waals surface area contributed by atoms with E-state index < -0.39 is 17.9 Å². The molecule has 0 bridgehead atoms. The first kappa shape index (κ1) is 12.2. The highest BCUT2D eigenvalue weighted by atomic mass is 16.4. The molecule has 0 unspecified atom stereocenters. The molecule has 0 saturated carbocycles. The molecule has 0 atom stereocenters. The Balaban J connectivity index is 2.96. The van der Waals surface area contributed by atoms with Crippen molar-refractivity contribution in [1.82, 2.24) is 4.98 Å². The van der Waals surface area contributed by atoms with Gasteiger partial charge in [0.2, 0.25) is 0 Å². The molecule has 0 spiro atoms. The van der Waals surface area contributed by atoms with E-state index in [-0.39, 0.29) is 12.8 Å². The summed E-state index contributed by atoms with van der Waals surface area (Å²) in [5.41, 5.74) is 1.36. The van der Waals surface area contributed by atoms with Gasteiger partial charge < -0.3 is 10.2 Å². The number of carbonyl (C=O) groups is 2. The number of aryl methyl sites for hydroxylation is 1. The lowest BCUT2D eigenvalue weighted by atomic mass is 9.91. The Morgan fingerprint density at radius 2 is 1.88 bits per heavy atom. The summed E-state index contributed by atoms with van der Waals surface area (Å²) in [4.78, 5) is 25.4. The van der Waals surface area contributed by atoms with Crippen molar-refractivity contribution in [2.75, 3.05) is 0 Å². The Kier molecular flexibility index (Phi) is 3.99. The lowest BCUT2D eigenvalue weighted by Gasteiger charge is -2.14. The molecule has 1 aromatic heterocycles. The van der Waals surface area contributed by atoms with Crippen molar-refractivity contribution < 1.29 is 19.8 Å². The van der Waals surface area contributed by atoms with E-state index in [1.165, 1.54) is 0 Å². The van der Waals surface area contributed by atoms with Crippen LogP contribution in [0.15, 0.2) is 18.3 Å². The van der Waals surface area contributed by atoms with Crippen molar-refractivity contribution in [3.05, 3.63) is 29.6 Å². The summed E-state index contributed by atoms with van der Waals surface area (Å²) >= 11 is 0. The zero-order chi connectivity index (χ0) is 12.1. The smallest absolute Gasteiger partial charge is 0.303 e. The minimum Gasteiger partial charge on any atom is -0.481 e. The topological polar surface area (TPSA) is 87.5 Å². The van der Waals surface area contributed by atoms with Crippen molar-refractivity contribution in [1.29, 1.82) is 0 Å². The van der Waals surface area contributed by atoms with Gasteiger partial charge in [-0.1, -0.05) is 6.07 Å². The third-order valence-electron chi connectivity index (χ3n) is 2.33. The fraction of sp³-hybridized carbons (Fsp3) is 0.364. The van der Waals surface area contributed by atoms with Gasteiger partial charge in [0.25, 0.3) is 0 Å². The van der Waals surface area contributed by atoms with Gasteiger partial charge >= 0.3 is 11.9 Å². The van der Waals surface area contributed by atoms with Crippen LogP contribution < -0.4 is 0 Å². The van der Waals surface area contributed by atoms with E-state index in [2.05, 4.69) is 4.98 Å². The third kappa shape index (κ3) is 3.34.